The fourth-order valence-corrected chi connectivity index (χ4v) is 23.7. The first-order valence-electron chi connectivity index (χ1n) is 47.8. The van der Waals surface area contributed by atoms with Crippen LogP contribution >= 0.6 is 0 Å². The third-order valence-corrected chi connectivity index (χ3v) is 30.6. The van der Waals surface area contributed by atoms with Gasteiger partial charge in [0.15, 0.2) is 0 Å². The number of hydrogen-bond donors (Lipinski definition) is 2. The number of hydrogen-bond acceptors (Lipinski definition) is 2. The average molecular weight is 1730 g/mol. The lowest BCUT2D eigenvalue weighted by molar-refractivity contribution is 1.27. The Hall–Kier alpha value is -16.9. The van der Waals surface area contributed by atoms with Gasteiger partial charge in [0.25, 0.3) is 0 Å². The molecule has 8 bridgehead atoms. The van der Waals surface area contributed by atoms with Crippen molar-refractivity contribution in [3.63, 3.8) is 0 Å². The van der Waals surface area contributed by atoms with E-state index in [0.717, 1.165) is 137 Å². The predicted molar refractivity (Wildman–Crippen MR) is 574 cm³/mol. The van der Waals surface area contributed by atoms with E-state index in [1.165, 1.54) is 220 Å². The van der Waals surface area contributed by atoms with Crippen LogP contribution in [-0.4, -0.2) is 19.9 Å². The van der Waals surface area contributed by atoms with Crippen LogP contribution in [0.2, 0.25) is 0 Å². The highest BCUT2D eigenvalue weighted by Crippen LogP contribution is 2.50. The van der Waals surface area contributed by atoms with Crippen LogP contribution in [0.5, 0.6) is 0 Å². The lowest BCUT2D eigenvalue weighted by atomic mass is 9.95. The Bertz CT molecular complexity index is 8510. The van der Waals surface area contributed by atoms with Gasteiger partial charge in [-0.1, -0.05) is 289 Å². The van der Waals surface area contributed by atoms with Gasteiger partial charge in [0.2, 0.25) is 0 Å². The van der Waals surface area contributed by atoms with Gasteiger partial charge >= 0.3 is 0 Å². The molecule has 634 valence electrons. The number of benzene rings is 20. The number of fused-ring (bicyclic) bond motifs is 28. The summed E-state index contributed by atoms with van der Waals surface area (Å²) in [6, 6.07) is 140. The highest BCUT2D eigenvalue weighted by molar-refractivity contribution is 6.07. The largest absolute Gasteiger partial charge is 0.354 e. The van der Waals surface area contributed by atoms with E-state index in [4.69, 9.17) is 9.97 Å². The molecule has 29 rings (SSSR count). The zero-order valence-electron chi connectivity index (χ0n) is 75.7. The van der Waals surface area contributed by atoms with Crippen LogP contribution in [0.4, 0.5) is 0 Å². The fraction of sp³-hybridized carbons (Fsp3) is 0.0606. The number of nitrogens with one attached hydrogen (secondary N) is 2. The number of aromatic nitrogens is 4. The Morgan fingerprint density at radius 1 is 0.154 bits per heavy atom. The molecule has 0 atom stereocenters. The molecule has 4 nitrogen and oxygen atoms in total. The molecule has 6 aliphatic rings. The van der Waals surface area contributed by atoms with Crippen LogP contribution in [0.15, 0.2) is 364 Å². The minimum absolute atomic E-state index is 0.854. The molecule has 4 heteroatoms. The van der Waals surface area contributed by atoms with E-state index in [-0.39, 0.29) is 0 Å². The predicted octanol–water partition coefficient (Wildman–Crippen LogP) is 34.7. The van der Waals surface area contributed by atoms with Crippen molar-refractivity contribution >= 4 is 133 Å². The van der Waals surface area contributed by atoms with Gasteiger partial charge in [-0.15, -0.1) is 0 Å². The molecule has 2 aliphatic heterocycles. The minimum atomic E-state index is 0.854. The Morgan fingerprint density at radius 3 is 0.522 bits per heavy atom. The first-order chi connectivity index (χ1) is 66.8. The molecular formula is C132H86N4. The fourth-order valence-electron chi connectivity index (χ4n) is 23.7. The van der Waals surface area contributed by atoms with Gasteiger partial charge < -0.3 is 9.97 Å². The first kappa shape index (κ1) is 76.8. The molecule has 0 amide bonds. The molecule has 3 aromatic heterocycles. The van der Waals surface area contributed by atoms with Crippen molar-refractivity contribution in [3.8, 4) is 134 Å². The summed E-state index contributed by atoms with van der Waals surface area (Å²) in [4.78, 5) is 20.0. The van der Waals surface area contributed by atoms with Crippen LogP contribution in [0.1, 0.15) is 89.5 Å². The maximum atomic E-state index is 5.90. The third kappa shape index (κ3) is 12.5. The van der Waals surface area contributed by atoms with Gasteiger partial charge in [0.05, 0.1) is 22.8 Å². The number of aromatic amines is 2. The maximum Gasteiger partial charge on any atom is 0.0737 e. The van der Waals surface area contributed by atoms with Gasteiger partial charge in [0, 0.05) is 44.3 Å². The standard InChI is InChI=1S/C132H86N4/c1-73-5-9-89-65-113-105(53-97(89)45-73)61-109-57-101-49-85(29-33-93(101)69-117(109)113)77-13-21-81(22-14-77)129-121-37-39-123(133-121)130(82-23-15-78(16-24-82)86-30-34-94-70-118-110(58-102(94)50-86)62-106-54-98-46-74(2)6-10-90(98)66-114(106)118)125-41-43-127(135-125)132(84-27-19-80(20-28-84)88-32-36-96-72-120-112(60-104(96)52-88)64-108-56-100-48-76(4)8-12-92(100)68-116(108)120)128-44-42-126(136-128)131(124-40-38-122(129)134-124)83-25-17-79(18-26-83)87-31-35-95-71-119-111(59-103(95)51-87)63-107-55-99-47-75(3)7-11-91(99)67-115(107)119/h5-60,65-72,133,136H,61-64H2,1-4H3. The van der Waals surface area contributed by atoms with Crippen molar-refractivity contribution in [2.45, 2.75) is 53.4 Å². The summed E-state index contributed by atoms with van der Waals surface area (Å²) >= 11 is 0. The lowest BCUT2D eigenvalue weighted by Gasteiger charge is -2.11. The Balaban J connectivity index is 0.580. The molecule has 0 radical (unpaired) electrons. The van der Waals surface area contributed by atoms with E-state index in [9.17, 15) is 0 Å². The number of rotatable bonds is 8. The van der Waals surface area contributed by atoms with Crippen molar-refractivity contribution in [1.29, 1.82) is 0 Å². The van der Waals surface area contributed by atoms with Crippen molar-refractivity contribution in [1.82, 2.24) is 19.9 Å². The summed E-state index contributed by atoms with van der Waals surface area (Å²) in [6.07, 6.45) is 12.6. The first-order valence-corrected chi connectivity index (χ1v) is 47.8. The summed E-state index contributed by atoms with van der Waals surface area (Å²) in [5.41, 5.74) is 51.7. The zero-order valence-corrected chi connectivity index (χ0v) is 75.7. The third-order valence-electron chi connectivity index (χ3n) is 30.6. The van der Waals surface area contributed by atoms with E-state index in [0.29, 0.717) is 0 Å². The molecule has 0 saturated carbocycles. The van der Waals surface area contributed by atoms with E-state index < -0.39 is 0 Å². The second kappa shape index (κ2) is 29.3. The smallest absolute Gasteiger partial charge is 0.0737 e. The molecule has 0 unspecified atom stereocenters. The summed E-state index contributed by atoms with van der Waals surface area (Å²) in [5, 5.41) is 20.4. The molecule has 23 aromatic rings. The quantitative estimate of drug-likeness (QED) is 0.159. The summed E-state index contributed by atoms with van der Waals surface area (Å²) in [5.74, 6) is 0. The second-order valence-corrected chi connectivity index (χ2v) is 39.2. The van der Waals surface area contributed by atoms with Crippen molar-refractivity contribution in [3.05, 3.63) is 454 Å². The van der Waals surface area contributed by atoms with E-state index in [1.54, 1.807) is 0 Å². The molecule has 20 aromatic carbocycles. The zero-order chi connectivity index (χ0) is 89.6. The molecule has 2 N–H and O–H groups in total. The Labute approximate surface area is 787 Å². The molecule has 0 fully saturated rings. The summed E-state index contributed by atoms with van der Waals surface area (Å²) in [7, 11) is 0. The van der Waals surface area contributed by atoms with Crippen molar-refractivity contribution < 1.29 is 0 Å². The Kier molecular flexibility index (Phi) is 16.5. The normalized spacial score (nSPS) is 13.0. The maximum absolute atomic E-state index is 5.90. The number of aryl methyl sites for hydroxylation is 4. The highest BCUT2D eigenvalue weighted by Gasteiger charge is 2.29. The second-order valence-electron chi connectivity index (χ2n) is 39.2. The molecule has 0 saturated heterocycles. The van der Waals surface area contributed by atoms with E-state index in [1.807, 2.05) is 0 Å². The van der Waals surface area contributed by atoms with Gasteiger partial charge in [-0.2, -0.15) is 0 Å². The van der Waals surface area contributed by atoms with E-state index >= 15 is 0 Å². The van der Waals surface area contributed by atoms with Crippen molar-refractivity contribution in [2.24, 2.45) is 0 Å². The van der Waals surface area contributed by atoms with Crippen LogP contribution in [0.3, 0.4) is 0 Å². The minimum Gasteiger partial charge on any atom is -0.354 e. The van der Waals surface area contributed by atoms with E-state index in [2.05, 4.69) is 426 Å². The molecular weight excluding hydrogens is 1640 g/mol. The lowest BCUT2D eigenvalue weighted by Crippen LogP contribution is -1.90. The number of H-pyrrole nitrogens is 2. The SMILES string of the molecule is Cc1ccc2cc3c(cc2c1)Cc1cc2cc(-c4ccc(-c5c6nc(c(-c7ccc(-c8ccc9cc%10c(cc9c8)Cc8cc9cc(C)ccc9cc8-%10)cc7)c7ccc([nH]7)c(-c7ccc(-c8ccc9cc%10c(cc9c8)Cc8cc9cc(C)ccc9cc8-%10)cc7)c7nc(c(-c8ccc(-c9ccc%10cc%11c(cc%10c9)Cc9cc%10cc(C)ccc%10cc9-%11)cc8)c8ccc5[nH]8)C=C7)C=C6)cc4)ccc2cc1-3. The summed E-state index contributed by atoms with van der Waals surface area (Å²) < 4.78 is 0. The Morgan fingerprint density at radius 2 is 0.324 bits per heavy atom. The van der Waals surface area contributed by atoms with Crippen LogP contribution < -0.4 is 0 Å². The summed E-state index contributed by atoms with van der Waals surface area (Å²) in [6.45, 7) is 8.73. The highest BCUT2D eigenvalue weighted by atomic mass is 14.8. The molecule has 0 spiro atoms. The average Bonchev–Trinajstić information content (AvgIpc) is 1.34. The van der Waals surface area contributed by atoms with Gasteiger partial charge in [-0.25, -0.2) is 9.97 Å². The molecule has 136 heavy (non-hydrogen) atoms. The van der Waals surface area contributed by atoms with Gasteiger partial charge in [-0.05, 0) is 417 Å². The topological polar surface area (TPSA) is 57.4 Å². The monoisotopic (exact) mass is 1730 g/mol. The van der Waals surface area contributed by atoms with Crippen molar-refractivity contribution in [2.75, 3.05) is 0 Å². The molecule has 4 aliphatic carbocycles. The van der Waals surface area contributed by atoms with Gasteiger partial charge in [0.1, 0.15) is 0 Å². The van der Waals surface area contributed by atoms with Crippen LogP contribution in [-0.2, 0) is 25.7 Å². The number of nitrogens with zero attached hydrogens (tertiary/aromatic N) is 2. The van der Waals surface area contributed by atoms with Gasteiger partial charge in [-0.3, -0.25) is 0 Å². The molecule has 5 heterocycles. The van der Waals surface area contributed by atoms with Crippen LogP contribution in [0, 0.1) is 27.7 Å². The van der Waals surface area contributed by atoms with Crippen LogP contribution in [0.25, 0.3) is 266 Å².